The van der Waals surface area contributed by atoms with Crippen LogP contribution in [0.15, 0.2) is 48.5 Å². The first-order chi connectivity index (χ1) is 9.39. The zero-order chi connectivity index (χ0) is 14.8. The van der Waals surface area contributed by atoms with Gasteiger partial charge in [0.1, 0.15) is 5.60 Å². The van der Waals surface area contributed by atoms with Gasteiger partial charge in [-0.3, -0.25) is 0 Å². The highest BCUT2D eigenvalue weighted by Gasteiger charge is 2.25. The van der Waals surface area contributed by atoms with Gasteiger partial charge in [0.15, 0.2) is 0 Å². The van der Waals surface area contributed by atoms with E-state index in [1.54, 1.807) is 0 Å². The SMILES string of the molecule is Cc1cccc(C(C)(O)c2cccc(CC(C)C)c2)c1. The van der Waals surface area contributed by atoms with E-state index in [-0.39, 0.29) is 0 Å². The summed E-state index contributed by atoms with van der Waals surface area (Å²) in [5.74, 6) is 0.620. The second kappa shape index (κ2) is 5.80. The number of hydrogen-bond acceptors (Lipinski definition) is 1. The molecule has 0 aliphatic rings. The Hall–Kier alpha value is -1.60. The number of benzene rings is 2. The van der Waals surface area contributed by atoms with Gasteiger partial charge >= 0.3 is 0 Å². The zero-order valence-corrected chi connectivity index (χ0v) is 12.9. The Bertz CT molecular complexity index is 582. The van der Waals surface area contributed by atoms with Crippen molar-refractivity contribution < 1.29 is 5.11 Å². The van der Waals surface area contributed by atoms with Crippen molar-refractivity contribution in [2.24, 2.45) is 5.92 Å². The second-order valence-electron chi connectivity index (χ2n) is 6.24. The molecule has 1 heteroatoms. The highest BCUT2D eigenvalue weighted by molar-refractivity contribution is 5.38. The molecule has 0 spiro atoms. The Balaban J connectivity index is 2.38. The summed E-state index contributed by atoms with van der Waals surface area (Å²) in [6, 6.07) is 16.4. The second-order valence-corrected chi connectivity index (χ2v) is 6.24. The van der Waals surface area contributed by atoms with Crippen molar-refractivity contribution in [3.63, 3.8) is 0 Å². The lowest BCUT2D eigenvalue weighted by molar-refractivity contribution is 0.102. The minimum absolute atomic E-state index is 0.620. The lowest BCUT2D eigenvalue weighted by Crippen LogP contribution is -2.23. The fourth-order valence-electron chi connectivity index (χ4n) is 2.59. The highest BCUT2D eigenvalue weighted by Crippen LogP contribution is 2.30. The summed E-state index contributed by atoms with van der Waals surface area (Å²) >= 11 is 0. The topological polar surface area (TPSA) is 20.2 Å². The predicted molar refractivity (Wildman–Crippen MR) is 84.8 cm³/mol. The number of hydrogen-bond donors (Lipinski definition) is 1. The average Bonchev–Trinajstić information content (AvgIpc) is 2.38. The van der Waals surface area contributed by atoms with Gasteiger partial charge in [-0.05, 0) is 42.9 Å². The number of rotatable bonds is 4. The van der Waals surface area contributed by atoms with Crippen molar-refractivity contribution in [1.82, 2.24) is 0 Å². The van der Waals surface area contributed by atoms with Crippen LogP contribution in [-0.2, 0) is 12.0 Å². The predicted octanol–water partition coefficient (Wildman–Crippen LogP) is 4.45. The van der Waals surface area contributed by atoms with Gasteiger partial charge < -0.3 is 5.11 Å². The van der Waals surface area contributed by atoms with Crippen molar-refractivity contribution in [1.29, 1.82) is 0 Å². The zero-order valence-electron chi connectivity index (χ0n) is 12.9. The molecule has 0 saturated carbocycles. The molecule has 1 N–H and O–H groups in total. The van der Waals surface area contributed by atoms with E-state index in [1.165, 1.54) is 11.1 Å². The quantitative estimate of drug-likeness (QED) is 0.868. The van der Waals surface area contributed by atoms with Crippen LogP contribution in [0.2, 0.25) is 0 Å². The van der Waals surface area contributed by atoms with Gasteiger partial charge in [0.2, 0.25) is 0 Å². The molecule has 0 saturated heterocycles. The monoisotopic (exact) mass is 268 g/mol. The molecule has 2 aromatic rings. The van der Waals surface area contributed by atoms with Crippen LogP contribution in [0, 0.1) is 12.8 Å². The van der Waals surface area contributed by atoms with Crippen LogP contribution in [0.3, 0.4) is 0 Å². The Morgan fingerprint density at radius 1 is 1.00 bits per heavy atom. The molecule has 2 aromatic carbocycles. The Labute approximate surface area is 122 Å². The minimum atomic E-state index is -0.945. The summed E-state index contributed by atoms with van der Waals surface area (Å²) in [7, 11) is 0. The van der Waals surface area contributed by atoms with Gasteiger partial charge in [-0.25, -0.2) is 0 Å². The van der Waals surface area contributed by atoms with Gasteiger partial charge in [-0.2, -0.15) is 0 Å². The van der Waals surface area contributed by atoms with Crippen molar-refractivity contribution in [2.45, 2.75) is 39.7 Å². The van der Waals surface area contributed by atoms with Crippen LogP contribution >= 0.6 is 0 Å². The molecule has 0 bridgehead atoms. The van der Waals surface area contributed by atoms with Crippen molar-refractivity contribution in [3.8, 4) is 0 Å². The summed E-state index contributed by atoms with van der Waals surface area (Å²) in [6.07, 6.45) is 1.04. The number of aliphatic hydroxyl groups is 1. The molecule has 0 radical (unpaired) electrons. The van der Waals surface area contributed by atoms with Crippen molar-refractivity contribution in [3.05, 3.63) is 70.8 Å². The lowest BCUT2D eigenvalue weighted by Gasteiger charge is -2.25. The minimum Gasteiger partial charge on any atom is -0.381 e. The Morgan fingerprint density at radius 2 is 1.60 bits per heavy atom. The molecule has 1 nitrogen and oxygen atoms in total. The van der Waals surface area contributed by atoms with Gasteiger partial charge in [-0.1, -0.05) is 67.9 Å². The molecule has 0 heterocycles. The smallest absolute Gasteiger partial charge is 0.112 e. The maximum atomic E-state index is 10.9. The fraction of sp³-hybridized carbons (Fsp3) is 0.368. The van der Waals surface area contributed by atoms with Crippen molar-refractivity contribution >= 4 is 0 Å². The van der Waals surface area contributed by atoms with E-state index in [0.29, 0.717) is 5.92 Å². The summed E-state index contributed by atoms with van der Waals surface area (Å²) in [4.78, 5) is 0. The maximum Gasteiger partial charge on any atom is 0.112 e. The first-order valence-electron chi connectivity index (χ1n) is 7.28. The van der Waals surface area contributed by atoms with Crippen LogP contribution in [0.25, 0.3) is 0 Å². The first-order valence-corrected chi connectivity index (χ1v) is 7.28. The molecular formula is C19H24O. The molecule has 20 heavy (non-hydrogen) atoms. The van der Waals surface area contributed by atoms with Crippen LogP contribution in [0.4, 0.5) is 0 Å². The molecule has 0 aromatic heterocycles. The molecule has 0 aliphatic carbocycles. The van der Waals surface area contributed by atoms with Gasteiger partial charge in [0.25, 0.3) is 0 Å². The molecular weight excluding hydrogens is 244 g/mol. The van der Waals surface area contributed by atoms with E-state index in [4.69, 9.17) is 0 Å². The molecule has 106 valence electrons. The normalized spacial score (nSPS) is 14.3. The number of aryl methyl sites for hydroxylation is 1. The van der Waals surface area contributed by atoms with Crippen LogP contribution in [0.1, 0.15) is 43.0 Å². The van der Waals surface area contributed by atoms with Gasteiger partial charge in [0, 0.05) is 0 Å². The van der Waals surface area contributed by atoms with Gasteiger partial charge in [0.05, 0.1) is 0 Å². The standard InChI is InChI=1S/C19H24O/c1-14(2)11-16-8-6-10-18(13-16)19(4,20)17-9-5-7-15(3)12-17/h5-10,12-14,20H,11H2,1-4H3. The third-order valence-corrected chi connectivity index (χ3v) is 3.71. The van der Waals surface area contributed by atoms with E-state index >= 15 is 0 Å². The molecule has 2 rings (SSSR count). The largest absolute Gasteiger partial charge is 0.381 e. The summed E-state index contributed by atoms with van der Waals surface area (Å²) in [5.41, 5.74) is 3.41. The van der Waals surface area contributed by atoms with Gasteiger partial charge in [-0.15, -0.1) is 0 Å². The van der Waals surface area contributed by atoms with E-state index < -0.39 is 5.60 Å². The highest BCUT2D eigenvalue weighted by atomic mass is 16.3. The fourth-order valence-corrected chi connectivity index (χ4v) is 2.59. The summed E-state index contributed by atoms with van der Waals surface area (Å²) in [5, 5.41) is 10.9. The summed E-state index contributed by atoms with van der Waals surface area (Å²) in [6.45, 7) is 8.35. The molecule has 1 atom stereocenters. The third-order valence-electron chi connectivity index (χ3n) is 3.71. The van der Waals surface area contributed by atoms with E-state index in [1.807, 2.05) is 31.2 Å². The molecule has 1 unspecified atom stereocenters. The van der Waals surface area contributed by atoms with Crippen LogP contribution < -0.4 is 0 Å². The van der Waals surface area contributed by atoms with Crippen LogP contribution in [0.5, 0.6) is 0 Å². The van der Waals surface area contributed by atoms with E-state index in [2.05, 4.69) is 45.0 Å². The molecule has 0 aliphatic heterocycles. The molecule has 0 fully saturated rings. The Kier molecular flexibility index (Phi) is 4.29. The third kappa shape index (κ3) is 3.29. The average molecular weight is 268 g/mol. The lowest BCUT2D eigenvalue weighted by atomic mass is 9.86. The van der Waals surface area contributed by atoms with E-state index in [0.717, 1.165) is 17.5 Å². The first kappa shape index (κ1) is 14.8. The summed E-state index contributed by atoms with van der Waals surface area (Å²) < 4.78 is 0. The maximum absolute atomic E-state index is 10.9. The van der Waals surface area contributed by atoms with Crippen LogP contribution in [-0.4, -0.2) is 5.11 Å². The Morgan fingerprint density at radius 3 is 2.20 bits per heavy atom. The van der Waals surface area contributed by atoms with E-state index in [9.17, 15) is 5.11 Å². The molecule has 0 amide bonds. The van der Waals surface area contributed by atoms with Crippen molar-refractivity contribution in [2.75, 3.05) is 0 Å².